The van der Waals surface area contributed by atoms with Crippen molar-refractivity contribution in [3.05, 3.63) is 111 Å². The van der Waals surface area contributed by atoms with E-state index in [1.54, 1.807) is 28.0 Å². The number of amides is 3. The summed E-state index contributed by atoms with van der Waals surface area (Å²) in [6.07, 6.45) is 3.68. The van der Waals surface area contributed by atoms with Crippen LogP contribution >= 0.6 is 34.8 Å². The summed E-state index contributed by atoms with van der Waals surface area (Å²) in [7, 11) is 0. The first-order chi connectivity index (χ1) is 18.4. The van der Waals surface area contributed by atoms with Crippen molar-refractivity contribution in [1.29, 1.82) is 0 Å². The molecule has 9 heteroatoms. The molecule has 2 aliphatic rings. The second-order valence-corrected chi connectivity index (χ2v) is 10.7. The van der Waals surface area contributed by atoms with Gasteiger partial charge in [-0.2, -0.15) is 0 Å². The van der Waals surface area contributed by atoms with Gasteiger partial charge in [0.1, 0.15) is 12.6 Å². The van der Waals surface area contributed by atoms with Gasteiger partial charge in [0.05, 0.1) is 27.8 Å². The van der Waals surface area contributed by atoms with Crippen molar-refractivity contribution in [2.24, 2.45) is 0 Å². The fourth-order valence-corrected chi connectivity index (χ4v) is 5.56. The standard InChI is InChI=1S/C29H23Cl3N4O2/c30-19-9-7-18(8-10-19)28-26-6-3-15-34(26)24-4-1-2-5-25(24)36(28)27(37)17-35(21-12-13-21)29(38)33-23-14-11-20(31)16-22(23)32/h1-11,14-16,21,28H,12-13,17H2,(H,33,38)/t28-/m0/s1. The number of carbonyl (C=O) groups is 2. The minimum Gasteiger partial charge on any atom is -0.316 e. The molecule has 6 nitrogen and oxygen atoms in total. The molecule has 1 saturated carbocycles. The van der Waals surface area contributed by atoms with Gasteiger partial charge in [0.2, 0.25) is 5.91 Å². The summed E-state index contributed by atoms with van der Waals surface area (Å²) >= 11 is 18.5. The van der Waals surface area contributed by atoms with Crippen molar-refractivity contribution in [2.75, 3.05) is 16.8 Å². The molecule has 192 valence electrons. The largest absolute Gasteiger partial charge is 0.322 e. The zero-order valence-corrected chi connectivity index (χ0v) is 22.4. The lowest BCUT2D eigenvalue weighted by molar-refractivity contribution is -0.119. The number of nitrogens with zero attached hydrogens (tertiary/aromatic N) is 3. The van der Waals surface area contributed by atoms with E-state index in [0.717, 1.165) is 35.5 Å². The van der Waals surface area contributed by atoms with Gasteiger partial charge in [-0.15, -0.1) is 0 Å². The third-order valence-corrected chi connectivity index (χ3v) is 7.70. The SMILES string of the molecule is O=C(Nc1ccc(Cl)cc1Cl)N(CC(=O)N1c2ccccc2-n2cccc2[C@@H]1c1ccc(Cl)cc1)C1CC1. The molecule has 1 fully saturated rings. The van der Waals surface area contributed by atoms with Crippen LogP contribution in [0.5, 0.6) is 0 Å². The van der Waals surface area contributed by atoms with Crippen LogP contribution in [0.15, 0.2) is 85.1 Å². The van der Waals surface area contributed by atoms with Crippen molar-refractivity contribution in [2.45, 2.75) is 24.9 Å². The predicted octanol–water partition coefficient (Wildman–Crippen LogP) is 7.57. The van der Waals surface area contributed by atoms with Crippen molar-refractivity contribution >= 4 is 58.1 Å². The molecule has 2 heterocycles. The molecule has 0 saturated heterocycles. The molecule has 0 spiro atoms. The van der Waals surface area contributed by atoms with E-state index in [9.17, 15) is 9.59 Å². The Morgan fingerprint density at radius 3 is 2.29 bits per heavy atom. The maximum absolute atomic E-state index is 14.2. The Morgan fingerprint density at radius 1 is 0.868 bits per heavy atom. The van der Waals surface area contributed by atoms with Crippen LogP contribution in [-0.2, 0) is 4.79 Å². The van der Waals surface area contributed by atoms with E-state index in [4.69, 9.17) is 34.8 Å². The molecule has 1 aromatic heterocycles. The molecule has 3 aromatic carbocycles. The third kappa shape index (κ3) is 4.64. The highest BCUT2D eigenvalue weighted by Gasteiger charge is 2.40. The van der Waals surface area contributed by atoms with Crippen LogP contribution in [0.2, 0.25) is 15.1 Å². The van der Waals surface area contributed by atoms with E-state index in [1.807, 2.05) is 66.9 Å². The maximum Gasteiger partial charge on any atom is 0.322 e. The molecule has 1 aliphatic heterocycles. The normalized spacial score (nSPS) is 16.0. The first kappa shape index (κ1) is 24.9. The van der Waals surface area contributed by atoms with Crippen LogP contribution in [-0.4, -0.2) is 34.0 Å². The number of carbonyl (C=O) groups excluding carboxylic acids is 2. The lowest BCUT2D eigenvalue weighted by Crippen LogP contribution is -2.48. The smallest absolute Gasteiger partial charge is 0.316 e. The minimum absolute atomic E-state index is 0.0112. The number of fused-ring (bicyclic) bond motifs is 3. The lowest BCUT2D eigenvalue weighted by atomic mass is 9.97. The number of hydrogen-bond acceptors (Lipinski definition) is 2. The quantitative estimate of drug-likeness (QED) is 0.271. The van der Waals surface area contributed by atoms with Gasteiger partial charge in [0.15, 0.2) is 0 Å². The number of para-hydroxylation sites is 2. The van der Waals surface area contributed by atoms with Crippen LogP contribution in [0.1, 0.15) is 30.1 Å². The van der Waals surface area contributed by atoms with Crippen LogP contribution in [0.3, 0.4) is 0 Å². The van der Waals surface area contributed by atoms with Crippen LogP contribution in [0.4, 0.5) is 16.2 Å². The average Bonchev–Trinajstić information content (AvgIpc) is 3.63. The topological polar surface area (TPSA) is 57.6 Å². The van der Waals surface area contributed by atoms with Gasteiger partial charge in [0, 0.05) is 22.3 Å². The molecule has 6 rings (SSSR count). The Morgan fingerprint density at radius 2 is 1.58 bits per heavy atom. The molecule has 0 radical (unpaired) electrons. The van der Waals surface area contributed by atoms with E-state index in [2.05, 4.69) is 9.88 Å². The first-order valence-electron chi connectivity index (χ1n) is 12.3. The molecule has 38 heavy (non-hydrogen) atoms. The third-order valence-electron chi connectivity index (χ3n) is 6.90. The summed E-state index contributed by atoms with van der Waals surface area (Å²) in [5.74, 6) is -0.186. The second-order valence-electron chi connectivity index (χ2n) is 9.42. The van der Waals surface area contributed by atoms with E-state index < -0.39 is 0 Å². The van der Waals surface area contributed by atoms with E-state index in [0.29, 0.717) is 20.8 Å². The Hall–Kier alpha value is -3.45. The predicted molar refractivity (Wildman–Crippen MR) is 152 cm³/mol. The Labute approximate surface area is 235 Å². The molecule has 0 unspecified atom stereocenters. The molecule has 1 atom stereocenters. The minimum atomic E-state index is -0.389. The highest BCUT2D eigenvalue weighted by Crippen LogP contribution is 2.43. The summed E-state index contributed by atoms with van der Waals surface area (Å²) in [4.78, 5) is 31.0. The summed E-state index contributed by atoms with van der Waals surface area (Å²) < 4.78 is 2.10. The van der Waals surface area contributed by atoms with Gasteiger partial charge in [-0.3, -0.25) is 9.69 Å². The number of nitrogens with one attached hydrogen (secondary N) is 1. The monoisotopic (exact) mass is 564 g/mol. The van der Waals surface area contributed by atoms with Crippen LogP contribution < -0.4 is 10.2 Å². The van der Waals surface area contributed by atoms with E-state index >= 15 is 0 Å². The fourth-order valence-electron chi connectivity index (χ4n) is 4.98. The summed E-state index contributed by atoms with van der Waals surface area (Å²) in [6, 6.07) is 23.4. The van der Waals surface area contributed by atoms with E-state index in [1.165, 1.54) is 0 Å². The number of hydrogen-bond donors (Lipinski definition) is 1. The highest BCUT2D eigenvalue weighted by molar-refractivity contribution is 6.36. The molecule has 3 amide bonds. The van der Waals surface area contributed by atoms with Gasteiger partial charge < -0.3 is 14.8 Å². The van der Waals surface area contributed by atoms with Gasteiger partial charge in [-0.25, -0.2) is 4.79 Å². The molecule has 1 N–H and O–H groups in total. The molecule has 4 aromatic rings. The maximum atomic E-state index is 14.2. The van der Waals surface area contributed by atoms with Crippen molar-refractivity contribution in [3.63, 3.8) is 0 Å². The number of urea groups is 1. The lowest BCUT2D eigenvalue weighted by Gasteiger charge is -2.39. The van der Waals surface area contributed by atoms with Gasteiger partial charge in [-0.1, -0.05) is 59.1 Å². The molecule has 0 bridgehead atoms. The van der Waals surface area contributed by atoms with Crippen LogP contribution in [0, 0.1) is 0 Å². The van der Waals surface area contributed by atoms with Crippen molar-refractivity contribution < 1.29 is 9.59 Å². The number of aromatic nitrogens is 1. The Kier molecular flexibility index (Phi) is 6.56. The summed E-state index contributed by atoms with van der Waals surface area (Å²) in [6.45, 7) is -0.0825. The highest BCUT2D eigenvalue weighted by atomic mass is 35.5. The van der Waals surface area contributed by atoms with Crippen LogP contribution in [0.25, 0.3) is 5.69 Å². The molecular formula is C29H23Cl3N4O2. The van der Waals surface area contributed by atoms with Crippen molar-refractivity contribution in [3.8, 4) is 5.69 Å². The molecule has 1 aliphatic carbocycles. The zero-order valence-electron chi connectivity index (χ0n) is 20.2. The Bertz CT molecular complexity index is 1530. The number of rotatable bonds is 5. The first-order valence-corrected chi connectivity index (χ1v) is 13.4. The number of halogens is 3. The van der Waals surface area contributed by atoms with E-state index in [-0.39, 0.29) is 30.6 Å². The number of anilines is 2. The van der Waals surface area contributed by atoms with Gasteiger partial charge in [0.25, 0.3) is 0 Å². The fraction of sp³-hybridized carbons (Fsp3) is 0.172. The van der Waals surface area contributed by atoms with Crippen molar-refractivity contribution in [1.82, 2.24) is 9.47 Å². The number of benzene rings is 3. The van der Waals surface area contributed by atoms with Gasteiger partial charge >= 0.3 is 6.03 Å². The molecular weight excluding hydrogens is 543 g/mol. The summed E-state index contributed by atoms with van der Waals surface area (Å²) in [5, 5.41) is 4.29. The average molecular weight is 566 g/mol. The van der Waals surface area contributed by atoms with Gasteiger partial charge in [-0.05, 0) is 73.0 Å². The zero-order chi connectivity index (χ0) is 26.4. The Balaban J connectivity index is 1.35. The summed E-state index contributed by atoms with van der Waals surface area (Å²) in [5.41, 5.74) is 4.00. The second kappa shape index (κ2) is 10.0.